The Morgan fingerprint density at radius 3 is 1.97 bits per heavy atom. The summed E-state index contributed by atoms with van der Waals surface area (Å²) in [5, 5.41) is 2.22. The van der Waals surface area contributed by atoms with Crippen LogP contribution in [0.25, 0.3) is 12.7 Å². The summed E-state index contributed by atoms with van der Waals surface area (Å²) >= 11 is 0. The number of nitrogens with zero attached hydrogens (tertiary/aromatic N) is 1. The van der Waals surface area contributed by atoms with Gasteiger partial charge in [0, 0.05) is 5.70 Å². The minimum absolute atomic E-state index is 0. The molecule has 0 aliphatic carbocycles. The molecular weight excluding hydrogens is 391 g/mol. The monoisotopic (exact) mass is 436 g/mol. The van der Waals surface area contributed by atoms with Crippen molar-refractivity contribution in [1.82, 2.24) is 0 Å². The summed E-state index contributed by atoms with van der Waals surface area (Å²) in [7, 11) is 1.50. The van der Waals surface area contributed by atoms with E-state index >= 15 is 0 Å². The normalized spacial score (nSPS) is 9.50. The summed E-state index contributed by atoms with van der Waals surface area (Å²) in [5.74, 6) is 0. The van der Waals surface area contributed by atoms with Gasteiger partial charge in [-0.3, -0.25) is 4.99 Å². The second-order valence-corrected chi connectivity index (χ2v) is 5.56. The number of benzene rings is 1. The summed E-state index contributed by atoms with van der Waals surface area (Å²) in [4.78, 5) is 3.90. The standard InChI is InChI=1S/C11H17N.C11H13.C2H4.CH5N.2CH3.K/c1-6-8-11(9(3)7-2)10(4)12-5;1-5-11-7-8(2)6-9(3)10(11)4;2*1-2;;;/h7H,2-3,5-6,8H2,1,4H3;6-7H,4H2,1-3H3;1-2H2;2H2,1H3;2*1H3;/q;-1;;;2*-1;+1/b11-10-;;;;;;. The van der Waals surface area contributed by atoms with Crippen LogP contribution in [-0.2, 0) is 0 Å². The van der Waals surface area contributed by atoms with Crippen LogP contribution in [0.15, 0.2) is 66.4 Å². The number of allylic oxidation sites excluding steroid dienone is 4. The van der Waals surface area contributed by atoms with Crippen molar-refractivity contribution < 1.29 is 51.4 Å². The van der Waals surface area contributed by atoms with Gasteiger partial charge in [-0.05, 0) is 38.3 Å². The molecule has 0 saturated carbocycles. The van der Waals surface area contributed by atoms with Crippen molar-refractivity contribution in [3.63, 3.8) is 0 Å². The molecule has 0 atom stereocenters. The maximum atomic E-state index is 4.50. The Hall–Kier alpha value is -0.814. The van der Waals surface area contributed by atoms with Gasteiger partial charge in [0.05, 0.1) is 0 Å². The van der Waals surface area contributed by atoms with Crippen molar-refractivity contribution in [1.29, 1.82) is 0 Å². The first-order valence-corrected chi connectivity index (χ1v) is 8.99. The molecular formula is C27H45KN2-2. The predicted octanol–water partition coefficient (Wildman–Crippen LogP) is 3.18. The summed E-state index contributed by atoms with van der Waals surface area (Å²) in [6.45, 7) is 31.2. The molecule has 30 heavy (non-hydrogen) atoms. The van der Waals surface area contributed by atoms with E-state index in [1.807, 2.05) is 13.8 Å². The molecule has 1 rings (SSSR count). The summed E-state index contributed by atoms with van der Waals surface area (Å²) in [6, 6.07) is 4.25. The van der Waals surface area contributed by atoms with E-state index in [4.69, 9.17) is 0 Å². The van der Waals surface area contributed by atoms with Gasteiger partial charge in [-0.1, -0.05) is 59.4 Å². The third-order valence-electron chi connectivity index (χ3n) is 3.69. The fraction of sp³-hybridized carbons (Fsp3) is 0.296. The molecule has 0 aliphatic heterocycles. The average Bonchev–Trinajstić information content (AvgIpc) is 2.71. The molecule has 2 N–H and O–H groups in total. The van der Waals surface area contributed by atoms with Crippen LogP contribution in [0, 0.1) is 28.7 Å². The second kappa shape index (κ2) is 28.2. The fourth-order valence-corrected chi connectivity index (χ4v) is 2.26. The first-order valence-electron chi connectivity index (χ1n) is 8.99. The smallest absolute Gasteiger partial charge is 0.358 e. The minimum Gasteiger partial charge on any atom is -0.358 e. The number of aliphatic imine (C=N–C) groups is 1. The van der Waals surface area contributed by atoms with E-state index in [0.717, 1.165) is 34.5 Å². The number of rotatable bonds is 5. The van der Waals surface area contributed by atoms with Crippen LogP contribution in [0.4, 0.5) is 0 Å². The summed E-state index contributed by atoms with van der Waals surface area (Å²) in [5.41, 5.74) is 10.1. The fourth-order valence-electron chi connectivity index (χ4n) is 2.26. The van der Waals surface area contributed by atoms with Crippen LogP contribution in [0.5, 0.6) is 0 Å². The SMILES string of the molecule is C=C.C=CC(=C)/C(CCC)=C(/C)N=C.C=c1c(C)cc(C)cc1=[C-]C.CN.[CH3-].[CH3-].[K+]. The van der Waals surface area contributed by atoms with E-state index < -0.39 is 0 Å². The maximum absolute atomic E-state index is 4.50. The molecule has 0 heterocycles. The Labute approximate surface area is 231 Å². The molecule has 0 spiro atoms. The molecule has 0 amide bonds. The van der Waals surface area contributed by atoms with E-state index in [-0.39, 0.29) is 66.2 Å². The first kappa shape index (κ1) is 43.1. The van der Waals surface area contributed by atoms with Crippen molar-refractivity contribution in [3.05, 3.63) is 97.8 Å². The van der Waals surface area contributed by atoms with Gasteiger partial charge in [-0.25, -0.2) is 6.08 Å². The zero-order valence-electron chi connectivity index (χ0n) is 21.4. The third-order valence-corrected chi connectivity index (χ3v) is 3.69. The summed E-state index contributed by atoms with van der Waals surface area (Å²) in [6.07, 6.45) is 6.97. The second-order valence-electron chi connectivity index (χ2n) is 5.56. The van der Waals surface area contributed by atoms with E-state index in [2.05, 4.69) is 89.3 Å². The molecule has 0 aromatic heterocycles. The number of hydrogen-bond acceptors (Lipinski definition) is 2. The zero-order valence-corrected chi connectivity index (χ0v) is 24.5. The number of aryl methyl sites for hydroxylation is 2. The number of hydrogen-bond donors (Lipinski definition) is 1. The Morgan fingerprint density at radius 1 is 1.17 bits per heavy atom. The minimum atomic E-state index is 0. The van der Waals surface area contributed by atoms with E-state index in [1.165, 1.54) is 23.7 Å². The van der Waals surface area contributed by atoms with Crippen LogP contribution in [0.3, 0.4) is 0 Å². The maximum Gasteiger partial charge on any atom is 1.00 e. The number of nitrogens with two attached hydrogens (primary N) is 1. The predicted molar refractivity (Wildman–Crippen MR) is 140 cm³/mol. The van der Waals surface area contributed by atoms with Gasteiger partial charge in [0.15, 0.2) is 0 Å². The molecule has 2 nitrogen and oxygen atoms in total. The van der Waals surface area contributed by atoms with Crippen LogP contribution < -0.4 is 67.6 Å². The molecule has 1 aromatic carbocycles. The molecule has 1 aromatic rings. The van der Waals surface area contributed by atoms with Gasteiger partial charge in [-0.15, -0.1) is 36.1 Å². The van der Waals surface area contributed by atoms with Crippen molar-refractivity contribution in [2.45, 2.75) is 47.5 Å². The van der Waals surface area contributed by atoms with Gasteiger partial charge in [-0.2, -0.15) is 11.3 Å². The average molecular weight is 437 g/mol. The van der Waals surface area contributed by atoms with Crippen LogP contribution in [0.1, 0.15) is 44.7 Å². The Kier molecular flexibility index (Phi) is 40.5. The Balaban J connectivity index is -0.0000000757. The van der Waals surface area contributed by atoms with Crippen molar-refractivity contribution in [2.24, 2.45) is 10.7 Å². The van der Waals surface area contributed by atoms with Gasteiger partial charge in [0.2, 0.25) is 0 Å². The van der Waals surface area contributed by atoms with Gasteiger partial charge in [0.25, 0.3) is 0 Å². The van der Waals surface area contributed by atoms with Crippen molar-refractivity contribution in [2.75, 3.05) is 7.05 Å². The van der Waals surface area contributed by atoms with Gasteiger partial charge < -0.3 is 20.6 Å². The Morgan fingerprint density at radius 2 is 1.63 bits per heavy atom. The van der Waals surface area contributed by atoms with E-state index in [1.54, 1.807) is 6.08 Å². The molecule has 0 unspecified atom stereocenters. The molecule has 0 radical (unpaired) electrons. The summed E-state index contributed by atoms with van der Waals surface area (Å²) < 4.78 is 0. The van der Waals surface area contributed by atoms with Gasteiger partial charge >= 0.3 is 51.4 Å². The third kappa shape index (κ3) is 18.0. The van der Waals surface area contributed by atoms with Crippen LogP contribution in [0.2, 0.25) is 0 Å². The topological polar surface area (TPSA) is 38.4 Å². The molecule has 166 valence electrons. The quantitative estimate of drug-likeness (QED) is 0.249. The van der Waals surface area contributed by atoms with Crippen LogP contribution in [-0.4, -0.2) is 13.8 Å². The van der Waals surface area contributed by atoms with Gasteiger partial charge in [0.1, 0.15) is 0 Å². The van der Waals surface area contributed by atoms with Crippen LogP contribution >= 0.6 is 0 Å². The first-order chi connectivity index (χ1) is 12.8. The van der Waals surface area contributed by atoms with E-state index in [9.17, 15) is 0 Å². The molecule has 0 bridgehead atoms. The molecule has 0 saturated heterocycles. The van der Waals surface area contributed by atoms with Crippen molar-refractivity contribution >= 4 is 19.4 Å². The largest absolute Gasteiger partial charge is 1.00 e. The molecule has 3 heteroatoms. The molecule has 0 aliphatic rings. The van der Waals surface area contributed by atoms with Crippen molar-refractivity contribution in [3.8, 4) is 0 Å². The van der Waals surface area contributed by atoms with E-state index in [0.29, 0.717) is 0 Å². The zero-order chi connectivity index (χ0) is 22.0. The Bertz CT molecular complexity index is 728. The molecule has 0 fully saturated rings.